The molecule has 0 aromatic heterocycles. The van der Waals surface area contributed by atoms with Crippen molar-refractivity contribution in [3.05, 3.63) is 0 Å². The van der Waals surface area contributed by atoms with Crippen molar-refractivity contribution < 1.29 is 0 Å². The van der Waals surface area contributed by atoms with Gasteiger partial charge in [0.15, 0.2) is 0 Å². The van der Waals surface area contributed by atoms with Crippen LogP contribution in [0, 0.1) is 17.8 Å². The summed E-state index contributed by atoms with van der Waals surface area (Å²) in [4.78, 5) is 2.80. The molecule has 0 saturated heterocycles. The van der Waals surface area contributed by atoms with Crippen LogP contribution in [-0.2, 0) is 0 Å². The van der Waals surface area contributed by atoms with Crippen LogP contribution in [0.4, 0.5) is 0 Å². The van der Waals surface area contributed by atoms with E-state index in [1.165, 1.54) is 58.2 Å². The van der Waals surface area contributed by atoms with Gasteiger partial charge in [-0.25, -0.2) is 0 Å². The van der Waals surface area contributed by atoms with Gasteiger partial charge in [0.1, 0.15) is 0 Å². The summed E-state index contributed by atoms with van der Waals surface area (Å²) in [5.74, 6) is 2.65. The Kier molecular flexibility index (Phi) is 6.35. The fraction of sp³-hybridized carbons (Fsp3) is 1.00. The van der Waals surface area contributed by atoms with Gasteiger partial charge in [-0.05, 0) is 69.4 Å². The molecule has 2 nitrogen and oxygen atoms in total. The lowest BCUT2D eigenvalue weighted by molar-refractivity contribution is 0.0972. The standard InChI is InChI=1S/C18H36N2/c1-5-9-19-18-12-14(3)11-15(4)17(18)13-20(10-6-2)16-7-8-16/h14-19H,5-13H2,1-4H3. The maximum Gasteiger partial charge on any atom is 0.0113 e. The van der Waals surface area contributed by atoms with Crippen LogP contribution in [0.2, 0.25) is 0 Å². The van der Waals surface area contributed by atoms with E-state index in [9.17, 15) is 0 Å². The lowest BCUT2D eigenvalue weighted by Gasteiger charge is -2.42. The van der Waals surface area contributed by atoms with Crippen molar-refractivity contribution in [3.8, 4) is 0 Å². The third-order valence-electron chi connectivity index (χ3n) is 5.35. The molecular weight excluding hydrogens is 244 g/mol. The second-order valence-corrected chi connectivity index (χ2v) is 7.50. The van der Waals surface area contributed by atoms with Crippen LogP contribution in [-0.4, -0.2) is 36.6 Å². The average molecular weight is 281 g/mol. The first kappa shape index (κ1) is 16.3. The van der Waals surface area contributed by atoms with E-state index in [4.69, 9.17) is 0 Å². The highest BCUT2D eigenvalue weighted by atomic mass is 15.2. The highest BCUT2D eigenvalue weighted by Gasteiger charge is 2.37. The molecule has 2 rings (SSSR count). The molecule has 2 aliphatic rings. The Morgan fingerprint density at radius 2 is 1.80 bits per heavy atom. The van der Waals surface area contributed by atoms with Gasteiger partial charge < -0.3 is 10.2 Å². The molecule has 0 aromatic rings. The average Bonchev–Trinajstić information content (AvgIpc) is 3.23. The molecule has 4 unspecified atom stereocenters. The zero-order valence-corrected chi connectivity index (χ0v) is 14.2. The van der Waals surface area contributed by atoms with Crippen molar-refractivity contribution in [1.82, 2.24) is 10.2 Å². The topological polar surface area (TPSA) is 15.3 Å². The molecule has 0 aromatic carbocycles. The molecule has 0 amide bonds. The molecule has 20 heavy (non-hydrogen) atoms. The molecule has 0 radical (unpaired) electrons. The molecule has 2 heteroatoms. The van der Waals surface area contributed by atoms with Crippen LogP contribution in [0.1, 0.15) is 66.2 Å². The van der Waals surface area contributed by atoms with Crippen LogP contribution < -0.4 is 5.32 Å². The highest BCUT2D eigenvalue weighted by Crippen LogP contribution is 2.36. The largest absolute Gasteiger partial charge is 0.314 e. The molecule has 118 valence electrons. The fourth-order valence-corrected chi connectivity index (χ4v) is 4.20. The van der Waals surface area contributed by atoms with E-state index in [1.54, 1.807) is 0 Å². The quantitative estimate of drug-likeness (QED) is 0.725. The Morgan fingerprint density at radius 1 is 1.05 bits per heavy atom. The first-order valence-corrected chi connectivity index (χ1v) is 9.13. The van der Waals surface area contributed by atoms with E-state index in [0.29, 0.717) is 0 Å². The molecule has 0 bridgehead atoms. The van der Waals surface area contributed by atoms with Crippen molar-refractivity contribution in [2.45, 2.75) is 78.3 Å². The van der Waals surface area contributed by atoms with E-state index < -0.39 is 0 Å². The summed E-state index contributed by atoms with van der Waals surface area (Å²) in [6.45, 7) is 13.4. The smallest absolute Gasteiger partial charge is 0.0113 e. The number of nitrogens with zero attached hydrogens (tertiary/aromatic N) is 1. The summed E-state index contributed by atoms with van der Waals surface area (Å²) in [5.41, 5.74) is 0. The van der Waals surface area contributed by atoms with E-state index in [1.807, 2.05) is 0 Å². The maximum atomic E-state index is 3.86. The zero-order valence-electron chi connectivity index (χ0n) is 14.2. The molecule has 0 heterocycles. The molecule has 4 atom stereocenters. The van der Waals surface area contributed by atoms with Gasteiger partial charge in [0.05, 0.1) is 0 Å². The predicted octanol–water partition coefficient (Wildman–Crippen LogP) is 3.91. The monoisotopic (exact) mass is 280 g/mol. The predicted molar refractivity (Wildman–Crippen MR) is 88.0 cm³/mol. The van der Waals surface area contributed by atoms with Gasteiger partial charge in [-0.1, -0.05) is 27.7 Å². The van der Waals surface area contributed by atoms with Crippen molar-refractivity contribution in [2.24, 2.45) is 17.8 Å². The van der Waals surface area contributed by atoms with Gasteiger partial charge in [-0.15, -0.1) is 0 Å². The van der Waals surface area contributed by atoms with Gasteiger partial charge in [0.25, 0.3) is 0 Å². The molecule has 2 aliphatic carbocycles. The Bertz CT molecular complexity index is 275. The Hall–Kier alpha value is -0.0800. The second-order valence-electron chi connectivity index (χ2n) is 7.50. The maximum absolute atomic E-state index is 3.86. The van der Waals surface area contributed by atoms with Gasteiger partial charge in [-0.2, -0.15) is 0 Å². The Morgan fingerprint density at radius 3 is 2.40 bits per heavy atom. The van der Waals surface area contributed by atoms with Crippen molar-refractivity contribution in [1.29, 1.82) is 0 Å². The van der Waals surface area contributed by atoms with E-state index in [0.717, 1.165) is 29.8 Å². The number of hydrogen-bond donors (Lipinski definition) is 1. The summed E-state index contributed by atoms with van der Waals surface area (Å²) in [7, 11) is 0. The van der Waals surface area contributed by atoms with Gasteiger partial charge >= 0.3 is 0 Å². The summed E-state index contributed by atoms with van der Waals surface area (Å²) >= 11 is 0. The Labute approximate surface area is 126 Å². The third kappa shape index (κ3) is 4.46. The first-order chi connectivity index (χ1) is 9.65. The van der Waals surface area contributed by atoms with Crippen molar-refractivity contribution in [3.63, 3.8) is 0 Å². The van der Waals surface area contributed by atoms with Crippen LogP contribution in [0.3, 0.4) is 0 Å². The fourth-order valence-electron chi connectivity index (χ4n) is 4.20. The van der Waals surface area contributed by atoms with Crippen molar-refractivity contribution >= 4 is 0 Å². The van der Waals surface area contributed by atoms with Gasteiger partial charge in [0, 0.05) is 18.6 Å². The van der Waals surface area contributed by atoms with E-state index >= 15 is 0 Å². The summed E-state index contributed by atoms with van der Waals surface area (Å²) < 4.78 is 0. The van der Waals surface area contributed by atoms with E-state index in [-0.39, 0.29) is 0 Å². The van der Waals surface area contributed by atoms with Crippen LogP contribution >= 0.6 is 0 Å². The lowest BCUT2D eigenvalue weighted by atomic mass is 9.72. The number of hydrogen-bond acceptors (Lipinski definition) is 2. The molecule has 2 saturated carbocycles. The minimum Gasteiger partial charge on any atom is -0.314 e. The summed E-state index contributed by atoms with van der Waals surface area (Å²) in [6.07, 6.45) is 8.28. The zero-order chi connectivity index (χ0) is 14.5. The molecule has 0 spiro atoms. The first-order valence-electron chi connectivity index (χ1n) is 9.13. The molecule has 0 aliphatic heterocycles. The third-order valence-corrected chi connectivity index (χ3v) is 5.35. The van der Waals surface area contributed by atoms with E-state index in [2.05, 4.69) is 37.9 Å². The second kappa shape index (κ2) is 7.79. The molecular formula is C18H36N2. The summed E-state index contributed by atoms with van der Waals surface area (Å²) in [6, 6.07) is 1.68. The van der Waals surface area contributed by atoms with Gasteiger partial charge in [-0.3, -0.25) is 0 Å². The molecule has 2 fully saturated rings. The SMILES string of the molecule is CCCNC1CC(C)CC(C)C1CN(CCC)C1CC1. The minimum absolute atomic E-state index is 0.756. The van der Waals surface area contributed by atoms with Crippen LogP contribution in [0.5, 0.6) is 0 Å². The summed E-state index contributed by atoms with van der Waals surface area (Å²) in [5, 5.41) is 3.86. The number of nitrogens with one attached hydrogen (secondary N) is 1. The van der Waals surface area contributed by atoms with Gasteiger partial charge in [0.2, 0.25) is 0 Å². The molecule has 1 N–H and O–H groups in total. The minimum atomic E-state index is 0.756. The normalized spacial score (nSPS) is 34.6. The van der Waals surface area contributed by atoms with Crippen molar-refractivity contribution in [2.75, 3.05) is 19.6 Å². The Balaban J connectivity index is 1.95. The lowest BCUT2D eigenvalue weighted by Crippen LogP contribution is -2.49. The highest BCUT2D eigenvalue weighted by molar-refractivity contribution is 4.92. The van der Waals surface area contributed by atoms with Crippen LogP contribution in [0.15, 0.2) is 0 Å². The van der Waals surface area contributed by atoms with Crippen LogP contribution in [0.25, 0.3) is 0 Å². The number of rotatable bonds is 8.